The monoisotopic (exact) mass is 370 g/mol. The minimum Gasteiger partial charge on any atom is -0.360 e. The van der Waals surface area contributed by atoms with Gasteiger partial charge in [0.05, 0.1) is 11.8 Å². The van der Waals surface area contributed by atoms with E-state index in [0.717, 1.165) is 28.0 Å². The largest absolute Gasteiger partial charge is 0.360 e. The summed E-state index contributed by atoms with van der Waals surface area (Å²) in [6.45, 7) is 4.88. The van der Waals surface area contributed by atoms with Gasteiger partial charge in [0.1, 0.15) is 0 Å². The highest BCUT2D eigenvalue weighted by Crippen LogP contribution is 2.26. The number of amides is 1. The molecule has 1 atom stereocenters. The molecule has 5 nitrogen and oxygen atoms in total. The summed E-state index contributed by atoms with van der Waals surface area (Å²) >= 11 is 8.98. The van der Waals surface area contributed by atoms with Crippen molar-refractivity contribution in [3.05, 3.63) is 34.9 Å². The van der Waals surface area contributed by atoms with Crippen molar-refractivity contribution in [3.8, 4) is 0 Å². The quantitative estimate of drug-likeness (QED) is 0.688. The zero-order valence-corrected chi connectivity index (χ0v) is 15.4. The molecule has 1 aromatic carbocycles. The van der Waals surface area contributed by atoms with Crippen LogP contribution in [0.1, 0.15) is 31.9 Å². The van der Waals surface area contributed by atoms with Crippen molar-refractivity contribution >= 4 is 45.7 Å². The van der Waals surface area contributed by atoms with Crippen molar-refractivity contribution in [1.29, 1.82) is 0 Å². The Hall–Kier alpha value is -1.31. The smallest absolute Gasteiger partial charge is 0.230 e. The molecular weight excluding hydrogens is 352 g/mol. The molecule has 23 heavy (non-hydrogen) atoms. The normalized spacial score (nSPS) is 12.0. The van der Waals surface area contributed by atoms with Gasteiger partial charge in [-0.1, -0.05) is 59.8 Å². The Labute approximate surface area is 149 Å². The van der Waals surface area contributed by atoms with Crippen LogP contribution in [-0.2, 0) is 4.79 Å². The lowest BCUT2D eigenvalue weighted by molar-refractivity contribution is -0.119. The van der Waals surface area contributed by atoms with E-state index in [-0.39, 0.29) is 11.9 Å². The first-order valence-corrected chi connectivity index (χ1v) is 9.52. The van der Waals surface area contributed by atoms with Gasteiger partial charge < -0.3 is 10.6 Å². The molecule has 0 saturated carbocycles. The Kier molecular flexibility index (Phi) is 7.14. The highest BCUT2D eigenvalue weighted by atomic mass is 35.5. The van der Waals surface area contributed by atoms with Crippen molar-refractivity contribution in [1.82, 2.24) is 15.5 Å². The van der Waals surface area contributed by atoms with E-state index in [2.05, 4.69) is 27.8 Å². The van der Waals surface area contributed by atoms with Crippen LogP contribution in [0.15, 0.2) is 28.6 Å². The van der Waals surface area contributed by atoms with Crippen LogP contribution in [-0.4, -0.2) is 28.4 Å². The minimum atomic E-state index is -0.131. The van der Waals surface area contributed by atoms with Gasteiger partial charge in [-0.2, -0.15) is 0 Å². The molecule has 124 valence electrons. The average molecular weight is 371 g/mol. The van der Waals surface area contributed by atoms with Crippen LogP contribution in [0.25, 0.3) is 0 Å². The molecule has 1 aromatic heterocycles. The molecule has 2 N–H and O–H groups in total. The summed E-state index contributed by atoms with van der Waals surface area (Å²) < 4.78 is 0.782. The van der Waals surface area contributed by atoms with Gasteiger partial charge in [0.15, 0.2) is 4.34 Å². The zero-order valence-electron chi connectivity index (χ0n) is 13.0. The van der Waals surface area contributed by atoms with Gasteiger partial charge in [-0.3, -0.25) is 4.79 Å². The summed E-state index contributed by atoms with van der Waals surface area (Å²) in [6.07, 6.45) is 1.03. The number of thioether (sulfide) groups is 1. The fraction of sp³-hybridized carbons (Fsp3) is 0.400. The predicted octanol–water partition coefficient (Wildman–Crippen LogP) is 3.98. The molecule has 0 aliphatic carbocycles. The minimum absolute atomic E-state index is 0.0549. The lowest BCUT2D eigenvalue weighted by Crippen LogP contribution is -2.28. The van der Waals surface area contributed by atoms with E-state index in [1.165, 1.54) is 23.1 Å². The van der Waals surface area contributed by atoms with E-state index in [1.807, 2.05) is 31.2 Å². The van der Waals surface area contributed by atoms with Crippen molar-refractivity contribution < 1.29 is 4.79 Å². The molecule has 1 unspecified atom stereocenters. The van der Waals surface area contributed by atoms with Crippen LogP contribution in [0.5, 0.6) is 0 Å². The van der Waals surface area contributed by atoms with E-state index in [4.69, 9.17) is 11.6 Å². The number of aromatic nitrogens is 2. The molecular formula is C15H19ClN4OS2. The average Bonchev–Trinajstić information content (AvgIpc) is 2.99. The number of benzene rings is 1. The van der Waals surface area contributed by atoms with Gasteiger partial charge in [-0.25, -0.2) is 0 Å². The Morgan fingerprint density at radius 3 is 2.91 bits per heavy atom. The SMILES string of the molecule is CCCNc1nnc(SCC(=O)NC(C)c2ccccc2Cl)s1. The molecule has 0 fully saturated rings. The van der Waals surface area contributed by atoms with Crippen LogP contribution < -0.4 is 10.6 Å². The van der Waals surface area contributed by atoms with E-state index in [9.17, 15) is 4.79 Å². The number of rotatable bonds is 8. The lowest BCUT2D eigenvalue weighted by atomic mass is 10.1. The van der Waals surface area contributed by atoms with E-state index in [1.54, 1.807) is 0 Å². The molecule has 2 aromatic rings. The molecule has 0 bridgehead atoms. The number of nitrogens with zero attached hydrogens (tertiary/aromatic N) is 2. The maximum atomic E-state index is 12.1. The molecule has 8 heteroatoms. The van der Waals surface area contributed by atoms with Crippen LogP contribution in [0.3, 0.4) is 0 Å². The topological polar surface area (TPSA) is 66.9 Å². The number of hydrogen-bond acceptors (Lipinski definition) is 6. The first-order valence-electron chi connectivity index (χ1n) is 7.34. The van der Waals surface area contributed by atoms with Gasteiger partial charge >= 0.3 is 0 Å². The van der Waals surface area contributed by atoms with E-state index in [0.29, 0.717) is 10.8 Å². The second kappa shape index (κ2) is 9.10. The van der Waals surface area contributed by atoms with Gasteiger partial charge in [-0.15, -0.1) is 10.2 Å². The third kappa shape index (κ3) is 5.67. The molecule has 1 heterocycles. The Morgan fingerprint density at radius 1 is 1.39 bits per heavy atom. The van der Waals surface area contributed by atoms with Crippen molar-refractivity contribution in [2.24, 2.45) is 0 Å². The number of nitrogens with one attached hydrogen (secondary N) is 2. The Morgan fingerprint density at radius 2 is 2.17 bits per heavy atom. The molecule has 0 saturated heterocycles. The summed E-state index contributed by atoms with van der Waals surface area (Å²) in [7, 11) is 0. The number of hydrogen-bond donors (Lipinski definition) is 2. The van der Waals surface area contributed by atoms with Crippen molar-refractivity contribution in [2.75, 3.05) is 17.6 Å². The first-order chi connectivity index (χ1) is 11.1. The molecule has 0 aliphatic heterocycles. The van der Waals surface area contributed by atoms with Gasteiger partial charge in [-0.05, 0) is 25.0 Å². The van der Waals surface area contributed by atoms with Gasteiger partial charge in [0.25, 0.3) is 0 Å². The molecule has 2 rings (SSSR count). The maximum Gasteiger partial charge on any atom is 0.230 e. The van der Waals surface area contributed by atoms with Crippen LogP contribution in [0.4, 0.5) is 5.13 Å². The van der Waals surface area contributed by atoms with Crippen molar-refractivity contribution in [2.45, 2.75) is 30.6 Å². The van der Waals surface area contributed by atoms with Crippen LogP contribution in [0, 0.1) is 0 Å². The fourth-order valence-electron chi connectivity index (χ4n) is 1.89. The number of carbonyl (C=O) groups is 1. The summed E-state index contributed by atoms with van der Waals surface area (Å²) in [5.74, 6) is 0.248. The Balaban J connectivity index is 1.81. The summed E-state index contributed by atoms with van der Waals surface area (Å²) in [5, 5.41) is 15.7. The third-order valence-corrected chi connectivity index (χ3v) is 5.37. The second-order valence-electron chi connectivity index (χ2n) is 4.90. The Bertz CT molecular complexity index is 650. The fourth-order valence-corrected chi connectivity index (χ4v) is 3.77. The van der Waals surface area contributed by atoms with E-state index < -0.39 is 0 Å². The highest BCUT2D eigenvalue weighted by molar-refractivity contribution is 8.01. The number of carbonyl (C=O) groups excluding carboxylic acids is 1. The molecule has 1 amide bonds. The second-order valence-corrected chi connectivity index (χ2v) is 7.51. The molecule has 0 radical (unpaired) electrons. The third-order valence-electron chi connectivity index (χ3n) is 3.01. The van der Waals surface area contributed by atoms with Gasteiger partial charge in [0, 0.05) is 11.6 Å². The summed E-state index contributed by atoms with van der Waals surface area (Å²) in [5.41, 5.74) is 0.912. The van der Waals surface area contributed by atoms with Crippen LogP contribution in [0.2, 0.25) is 5.02 Å². The number of anilines is 1. The number of halogens is 1. The highest BCUT2D eigenvalue weighted by Gasteiger charge is 2.13. The first kappa shape index (κ1) is 18.0. The molecule has 0 spiro atoms. The predicted molar refractivity (Wildman–Crippen MR) is 97.4 cm³/mol. The van der Waals surface area contributed by atoms with Crippen molar-refractivity contribution in [3.63, 3.8) is 0 Å². The van der Waals surface area contributed by atoms with Crippen LogP contribution >= 0.6 is 34.7 Å². The molecule has 0 aliphatic rings. The maximum absolute atomic E-state index is 12.1. The van der Waals surface area contributed by atoms with Gasteiger partial charge in [0.2, 0.25) is 11.0 Å². The summed E-state index contributed by atoms with van der Waals surface area (Å²) in [6, 6.07) is 7.38. The standard InChI is InChI=1S/C15H19ClN4OS2/c1-3-8-17-14-19-20-15(23-14)22-9-13(21)18-10(2)11-6-4-5-7-12(11)16/h4-7,10H,3,8-9H2,1-2H3,(H,17,19)(H,18,21). The van der Waals surface area contributed by atoms with E-state index >= 15 is 0 Å². The summed E-state index contributed by atoms with van der Waals surface area (Å²) in [4.78, 5) is 12.1. The lowest BCUT2D eigenvalue weighted by Gasteiger charge is -2.15. The zero-order chi connectivity index (χ0) is 16.7.